The molecule has 2 saturated heterocycles. The van der Waals surface area contributed by atoms with Crippen LogP contribution in [0.3, 0.4) is 0 Å². The molecule has 1 atom stereocenters. The molecule has 0 radical (unpaired) electrons. The van der Waals surface area contributed by atoms with E-state index in [-0.39, 0.29) is 37.5 Å². The van der Waals surface area contributed by atoms with Crippen molar-refractivity contribution in [1.29, 1.82) is 0 Å². The molecule has 6 heteroatoms. The summed E-state index contributed by atoms with van der Waals surface area (Å²) in [5, 5.41) is 3.32. The molecule has 0 amide bonds. The van der Waals surface area contributed by atoms with Crippen LogP contribution in [0.5, 0.6) is 0 Å². The highest BCUT2D eigenvalue weighted by Gasteiger charge is 2.22. The molecule has 2 aliphatic rings. The first kappa shape index (κ1) is 19.5. The second-order valence-corrected chi connectivity index (χ2v) is 5.74. The number of nitrogens with zero attached hydrogens (tertiary/aromatic N) is 2. The first-order valence-electron chi connectivity index (χ1n) is 7.74. The number of hydrogen-bond acceptors (Lipinski definition) is 3. The largest absolute Gasteiger partial charge is 0.372 e. The second kappa shape index (κ2) is 9.56. The van der Waals surface area contributed by atoms with Crippen molar-refractivity contribution < 1.29 is 4.39 Å². The van der Waals surface area contributed by atoms with Crippen LogP contribution in [-0.2, 0) is 0 Å². The number of alkyl halides is 1. The Morgan fingerprint density at radius 1 is 0.955 bits per heavy atom. The normalized spacial score (nSPS) is 20.1. The zero-order valence-electron chi connectivity index (χ0n) is 12.8. The van der Waals surface area contributed by atoms with Crippen molar-refractivity contribution in [2.24, 2.45) is 0 Å². The highest BCUT2D eigenvalue weighted by atomic mass is 35.5. The second-order valence-electron chi connectivity index (χ2n) is 5.74. The van der Waals surface area contributed by atoms with Gasteiger partial charge in [0.2, 0.25) is 0 Å². The summed E-state index contributed by atoms with van der Waals surface area (Å²) in [6.07, 6.45) is 2.57. The fraction of sp³-hybridized carbons (Fsp3) is 0.625. The van der Waals surface area contributed by atoms with Crippen LogP contribution >= 0.6 is 24.8 Å². The average molecular weight is 350 g/mol. The van der Waals surface area contributed by atoms with Crippen molar-refractivity contribution in [3.63, 3.8) is 0 Å². The molecule has 1 aromatic carbocycles. The lowest BCUT2D eigenvalue weighted by Gasteiger charge is -2.33. The van der Waals surface area contributed by atoms with Crippen LogP contribution in [0.4, 0.5) is 10.1 Å². The molecule has 0 aliphatic carbocycles. The van der Waals surface area contributed by atoms with Crippen molar-refractivity contribution >= 4 is 30.5 Å². The molecule has 126 valence electrons. The number of halogens is 3. The molecule has 1 N–H and O–H groups in total. The van der Waals surface area contributed by atoms with Gasteiger partial charge in [-0.1, -0.05) is 12.1 Å². The van der Waals surface area contributed by atoms with Gasteiger partial charge >= 0.3 is 0 Å². The summed E-state index contributed by atoms with van der Waals surface area (Å²) in [7, 11) is 0. The van der Waals surface area contributed by atoms with Crippen LogP contribution in [0.25, 0.3) is 0 Å². The number of anilines is 1. The van der Waals surface area contributed by atoms with Gasteiger partial charge in [-0.2, -0.15) is 0 Å². The zero-order chi connectivity index (χ0) is 13.8. The zero-order valence-corrected chi connectivity index (χ0v) is 14.5. The number of piperazine rings is 1. The van der Waals surface area contributed by atoms with E-state index in [9.17, 15) is 4.39 Å². The SMILES string of the molecule is Cl.Cl.FC[C@@H](c1ccc(N2CCCC2)cc1)N1CCNCC1. The molecule has 0 saturated carbocycles. The number of hydrogen-bond donors (Lipinski definition) is 1. The maximum absolute atomic E-state index is 13.5. The standard InChI is InChI=1S/C16H24FN3.2ClH/c17-13-16(20-11-7-18-8-12-20)14-3-5-15(6-4-14)19-9-1-2-10-19;;/h3-6,16,18H,1-2,7-13H2;2*1H/t16-;;/m0../s1. The van der Waals surface area contributed by atoms with Crippen LogP contribution in [-0.4, -0.2) is 50.8 Å². The Bertz CT molecular complexity index is 418. The van der Waals surface area contributed by atoms with Crippen LogP contribution in [0.2, 0.25) is 0 Å². The van der Waals surface area contributed by atoms with Gasteiger partial charge in [0.05, 0.1) is 6.04 Å². The van der Waals surface area contributed by atoms with Crippen LogP contribution in [0.15, 0.2) is 24.3 Å². The lowest BCUT2D eigenvalue weighted by molar-refractivity contribution is 0.147. The Morgan fingerprint density at radius 3 is 2.09 bits per heavy atom. The van der Waals surface area contributed by atoms with Gasteiger partial charge in [-0.15, -0.1) is 24.8 Å². The molecule has 2 aliphatic heterocycles. The third-order valence-corrected chi connectivity index (χ3v) is 4.49. The van der Waals surface area contributed by atoms with Crippen molar-refractivity contribution in [1.82, 2.24) is 10.2 Å². The van der Waals surface area contributed by atoms with Gasteiger partial charge in [-0.3, -0.25) is 4.90 Å². The van der Waals surface area contributed by atoms with E-state index in [1.807, 2.05) is 0 Å². The van der Waals surface area contributed by atoms with E-state index >= 15 is 0 Å². The van der Waals surface area contributed by atoms with E-state index in [4.69, 9.17) is 0 Å². The monoisotopic (exact) mass is 349 g/mol. The predicted octanol–water partition coefficient (Wildman–Crippen LogP) is 3.05. The van der Waals surface area contributed by atoms with Crippen molar-refractivity contribution in [2.75, 3.05) is 50.8 Å². The summed E-state index contributed by atoms with van der Waals surface area (Å²) >= 11 is 0. The van der Waals surface area contributed by atoms with Gasteiger partial charge < -0.3 is 10.2 Å². The lowest BCUT2D eigenvalue weighted by atomic mass is 10.0. The van der Waals surface area contributed by atoms with Gasteiger partial charge in [0.15, 0.2) is 0 Å². The molecule has 0 unspecified atom stereocenters. The van der Waals surface area contributed by atoms with E-state index in [2.05, 4.69) is 39.4 Å². The fourth-order valence-electron chi connectivity index (χ4n) is 3.27. The van der Waals surface area contributed by atoms with Gasteiger partial charge in [0.1, 0.15) is 6.67 Å². The quantitative estimate of drug-likeness (QED) is 0.901. The summed E-state index contributed by atoms with van der Waals surface area (Å²) in [5.41, 5.74) is 2.39. The van der Waals surface area contributed by atoms with Gasteiger partial charge in [-0.05, 0) is 30.5 Å². The number of benzene rings is 1. The Labute approximate surface area is 145 Å². The molecule has 3 rings (SSSR count). The van der Waals surface area contributed by atoms with E-state index in [0.29, 0.717) is 0 Å². The van der Waals surface area contributed by atoms with Gasteiger partial charge in [0, 0.05) is 45.0 Å². The van der Waals surface area contributed by atoms with E-state index in [1.165, 1.54) is 18.5 Å². The Morgan fingerprint density at radius 2 is 1.55 bits per heavy atom. The Kier molecular flexibility index (Phi) is 8.47. The minimum absolute atomic E-state index is 0. The molecule has 3 nitrogen and oxygen atoms in total. The maximum Gasteiger partial charge on any atom is 0.109 e. The topological polar surface area (TPSA) is 18.5 Å². The molecule has 1 aromatic rings. The van der Waals surface area contributed by atoms with Crippen molar-refractivity contribution in [3.8, 4) is 0 Å². The molecule has 0 spiro atoms. The van der Waals surface area contributed by atoms with Crippen LogP contribution in [0.1, 0.15) is 24.4 Å². The van der Waals surface area contributed by atoms with Crippen molar-refractivity contribution in [2.45, 2.75) is 18.9 Å². The van der Waals surface area contributed by atoms with Crippen LogP contribution in [0, 0.1) is 0 Å². The molecule has 0 bridgehead atoms. The van der Waals surface area contributed by atoms with E-state index < -0.39 is 0 Å². The summed E-state index contributed by atoms with van der Waals surface area (Å²) in [5.74, 6) is 0. The molecule has 2 heterocycles. The number of rotatable bonds is 4. The lowest BCUT2D eigenvalue weighted by Crippen LogP contribution is -2.45. The molecule has 0 aromatic heterocycles. The first-order chi connectivity index (χ1) is 9.88. The van der Waals surface area contributed by atoms with Crippen LogP contribution < -0.4 is 10.2 Å². The summed E-state index contributed by atoms with van der Waals surface area (Å²) in [6, 6.07) is 8.46. The summed E-state index contributed by atoms with van der Waals surface area (Å²) < 4.78 is 13.5. The van der Waals surface area contributed by atoms with Gasteiger partial charge in [-0.25, -0.2) is 4.39 Å². The van der Waals surface area contributed by atoms with Crippen molar-refractivity contribution in [3.05, 3.63) is 29.8 Å². The molecular formula is C16H26Cl2FN3. The minimum atomic E-state index is -0.303. The summed E-state index contributed by atoms with van der Waals surface area (Å²) in [6.45, 7) is 5.80. The highest BCUT2D eigenvalue weighted by molar-refractivity contribution is 5.85. The molecule has 22 heavy (non-hydrogen) atoms. The predicted molar refractivity (Wildman–Crippen MR) is 95.5 cm³/mol. The fourth-order valence-corrected chi connectivity index (χ4v) is 3.27. The Hall–Kier alpha value is -0.550. The highest BCUT2D eigenvalue weighted by Crippen LogP contribution is 2.26. The molecular weight excluding hydrogens is 324 g/mol. The maximum atomic E-state index is 13.5. The minimum Gasteiger partial charge on any atom is -0.372 e. The van der Waals surface area contributed by atoms with Gasteiger partial charge in [0.25, 0.3) is 0 Å². The van der Waals surface area contributed by atoms with E-state index in [1.54, 1.807) is 0 Å². The molecule has 2 fully saturated rings. The first-order valence-corrected chi connectivity index (χ1v) is 7.74. The third-order valence-electron chi connectivity index (χ3n) is 4.49. The smallest absolute Gasteiger partial charge is 0.109 e. The van der Waals surface area contributed by atoms with E-state index in [0.717, 1.165) is 44.8 Å². The number of nitrogens with one attached hydrogen (secondary N) is 1. The average Bonchev–Trinajstić information content (AvgIpc) is 3.04. The summed E-state index contributed by atoms with van der Waals surface area (Å²) in [4.78, 5) is 4.67. The third kappa shape index (κ3) is 4.48. The Balaban J connectivity index is 0.00000121.